The van der Waals surface area contributed by atoms with Crippen LogP contribution in [0.2, 0.25) is 0 Å². The molecule has 1 aromatic rings. The summed E-state index contributed by atoms with van der Waals surface area (Å²) in [6.45, 7) is 3.14. The molecule has 3 heterocycles. The average molecular weight is 269 g/mol. The van der Waals surface area contributed by atoms with E-state index in [4.69, 9.17) is 0 Å². The standard InChI is InChI=1S/C12H19N3O2S/c1-9-4-5-15-12(7-9)13-11(14-15)8-10-3-2-6-18(10,16)17/h9-10H,2-8H2,1H3. The van der Waals surface area contributed by atoms with Crippen LogP contribution in [0, 0.1) is 5.92 Å². The summed E-state index contributed by atoms with van der Waals surface area (Å²) in [4.78, 5) is 4.52. The topological polar surface area (TPSA) is 64.8 Å². The molecule has 2 atom stereocenters. The molecule has 1 fully saturated rings. The normalized spacial score (nSPS) is 30.3. The quantitative estimate of drug-likeness (QED) is 0.803. The van der Waals surface area contributed by atoms with Gasteiger partial charge in [-0.25, -0.2) is 18.1 Å². The molecule has 2 aliphatic rings. The van der Waals surface area contributed by atoms with Gasteiger partial charge in [-0.15, -0.1) is 0 Å². The first-order valence-corrected chi connectivity index (χ1v) is 8.40. The van der Waals surface area contributed by atoms with E-state index in [0.717, 1.165) is 43.9 Å². The minimum Gasteiger partial charge on any atom is -0.250 e. The van der Waals surface area contributed by atoms with Gasteiger partial charge < -0.3 is 0 Å². The van der Waals surface area contributed by atoms with Gasteiger partial charge in [0.2, 0.25) is 0 Å². The molecule has 3 rings (SSSR count). The van der Waals surface area contributed by atoms with E-state index in [1.54, 1.807) is 0 Å². The van der Waals surface area contributed by atoms with Gasteiger partial charge in [0.15, 0.2) is 15.7 Å². The van der Waals surface area contributed by atoms with Crippen LogP contribution in [-0.4, -0.2) is 34.2 Å². The van der Waals surface area contributed by atoms with Crippen molar-refractivity contribution in [3.05, 3.63) is 11.6 Å². The Morgan fingerprint density at radius 1 is 1.39 bits per heavy atom. The first-order valence-electron chi connectivity index (χ1n) is 6.69. The third-order valence-electron chi connectivity index (χ3n) is 4.03. The van der Waals surface area contributed by atoms with Crippen molar-refractivity contribution in [2.45, 2.75) is 50.8 Å². The molecule has 0 amide bonds. The van der Waals surface area contributed by atoms with Gasteiger partial charge in [0.05, 0.1) is 11.0 Å². The Balaban J connectivity index is 1.78. The highest BCUT2D eigenvalue weighted by Gasteiger charge is 2.32. The maximum Gasteiger partial charge on any atom is 0.153 e. The van der Waals surface area contributed by atoms with E-state index in [1.165, 1.54) is 0 Å². The van der Waals surface area contributed by atoms with Gasteiger partial charge in [-0.2, -0.15) is 5.10 Å². The Labute approximate surface area is 108 Å². The van der Waals surface area contributed by atoms with Crippen LogP contribution in [0.3, 0.4) is 0 Å². The minimum atomic E-state index is -2.89. The summed E-state index contributed by atoms with van der Waals surface area (Å²) in [6.07, 6.45) is 4.15. The van der Waals surface area contributed by atoms with Crippen molar-refractivity contribution >= 4 is 9.84 Å². The summed E-state index contributed by atoms with van der Waals surface area (Å²) in [6, 6.07) is 0. The van der Waals surface area contributed by atoms with E-state index >= 15 is 0 Å². The molecule has 0 aromatic carbocycles. The molecule has 2 unspecified atom stereocenters. The summed E-state index contributed by atoms with van der Waals surface area (Å²) in [5.74, 6) is 2.74. The molecule has 0 N–H and O–H groups in total. The molecule has 5 nitrogen and oxygen atoms in total. The van der Waals surface area contributed by atoms with Gasteiger partial charge in [-0.1, -0.05) is 6.92 Å². The molecule has 100 valence electrons. The van der Waals surface area contributed by atoms with Crippen LogP contribution in [0.1, 0.15) is 37.8 Å². The van der Waals surface area contributed by atoms with E-state index in [1.807, 2.05) is 4.68 Å². The van der Waals surface area contributed by atoms with E-state index in [2.05, 4.69) is 17.0 Å². The molecule has 6 heteroatoms. The molecule has 1 aromatic heterocycles. The van der Waals surface area contributed by atoms with Crippen LogP contribution >= 0.6 is 0 Å². The molecule has 0 spiro atoms. The largest absolute Gasteiger partial charge is 0.250 e. The summed E-state index contributed by atoms with van der Waals surface area (Å²) in [7, 11) is -2.89. The average Bonchev–Trinajstić information content (AvgIpc) is 2.82. The Morgan fingerprint density at radius 2 is 2.22 bits per heavy atom. The van der Waals surface area contributed by atoms with Crippen LogP contribution in [0.25, 0.3) is 0 Å². The fraction of sp³-hybridized carbons (Fsp3) is 0.833. The number of fused-ring (bicyclic) bond motifs is 1. The lowest BCUT2D eigenvalue weighted by Gasteiger charge is -2.17. The second-order valence-electron chi connectivity index (χ2n) is 5.60. The number of hydrogen-bond acceptors (Lipinski definition) is 4. The van der Waals surface area contributed by atoms with Crippen LogP contribution < -0.4 is 0 Å². The molecule has 1 saturated heterocycles. The van der Waals surface area contributed by atoms with Crippen LogP contribution in [0.4, 0.5) is 0 Å². The zero-order valence-electron chi connectivity index (χ0n) is 10.7. The van der Waals surface area contributed by atoms with Crippen molar-refractivity contribution in [3.63, 3.8) is 0 Å². The molecule has 18 heavy (non-hydrogen) atoms. The smallest absolute Gasteiger partial charge is 0.153 e. The number of sulfone groups is 1. The first-order chi connectivity index (χ1) is 8.54. The van der Waals surface area contributed by atoms with Crippen LogP contribution in [-0.2, 0) is 29.2 Å². The van der Waals surface area contributed by atoms with E-state index in [0.29, 0.717) is 18.1 Å². The zero-order valence-corrected chi connectivity index (χ0v) is 11.5. The highest BCUT2D eigenvalue weighted by molar-refractivity contribution is 7.92. The molecule has 2 aliphatic heterocycles. The predicted octanol–water partition coefficient (Wildman–Crippen LogP) is 0.980. The second-order valence-corrected chi connectivity index (χ2v) is 8.00. The van der Waals surface area contributed by atoms with E-state index in [9.17, 15) is 8.42 Å². The summed E-state index contributed by atoms with van der Waals surface area (Å²) < 4.78 is 25.6. The predicted molar refractivity (Wildman–Crippen MR) is 68.0 cm³/mol. The molecule has 0 saturated carbocycles. The van der Waals surface area contributed by atoms with Crippen molar-refractivity contribution in [3.8, 4) is 0 Å². The number of aryl methyl sites for hydroxylation is 1. The van der Waals surface area contributed by atoms with Gasteiger partial charge in [0.1, 0.15) is 5.82 Å². The van der Waals surface area contributed by atoms with E-state index < -0.39 is 9.84 Å². The molecule has 0 radical (unpaired) electrons. The molecule has 0 aliphatic carbocycles. The van der Waals surface area contributed by atoms with Gasteiger partial charge in [-0.3, -0.25) is 0 Å². The molecular weight excluding hydrogens is 250 g/mol. The van der Waals surface area contributed by atoms with Crippen molar-refractivity contribution in [2.75, 3.05) is 5.75 Å². The van der Waals surface area contributed by atoms with Gasteiger partial charge in [0.25, 0.3) is 0 Å². The number of hydrogen-bond donors (Lipinski definition) is 0. The second kappa shape index (κ2) is 4.33. The van der Waals surface area contributed by atoms with Crippen LogP contribution in [0.15, 0.2) is 0 Å². The van der Waals surface area contributed by atoms with Crippen molar-refractivity contribution in [1.29, 1.82) is 0 Å². The Bertz CT molecular complexity index is 550. The number of nitrogens with zero attached hydrogens (tertiary/aromatic N) is 3. The van der Waals surface area contributed by atoms with Gasteiger partial charge >= 0.3 is 0 Å². The van der Waals surface area contributed by atoms with E-state index in [-0.39, 0.29) is 5.25 Å². The SMILES string of the molecule is CC1CCn2nc(CC3CCCS3(=O)=O)nc2C1. The maximum atomic E-state index is 11.8. The van der Waals surface area contributed by atoms with Gasteiger partial charge in [-0.05, 0) is 25.2 Å². The summed E-state index contributed by atoms with van der Waals surface area (Å²) in [5, 5.41) is 4.20. The van der Waals surface area contributed by atoms with Gasteiger partial charge in [0, 0.05) is 19.4 Å². The fourth-order valence-corrected chi connectivity index (χ4v) is 4.72. The summed E-state index contributed by atoms with van der Waals surface area (Å²) >= 11 is 0. The summed E-state index contributed by atoms with van der Waals surface area (Å²) in [5.41, 5.74) is 0. The Hall–Kier alpha value is -0.910. The lowest BCUT2D eigenvalue weighted by Crippen LogP contribution is -2.19. The Kier molecular flexibility index (Phi) is 2.92. The zero-order chi connectivity index (χ0) is 12.8. The lowest BCUT2D eigenvalue weighted by atomic mass is 10.0. The van der Waals surface area contributed by atoms with Crippen LogP contribution in [0.5, 0.6) is 0 Å². The highest BCUT2D eigenvalue weighted by Crippen LogP contribution is 2.24. The molecule has 0 bridgehead atoms. The Morgan fingerprint density at radius 3 is 2.94 bits per heavy atom. The van der Waals surface area contributed by atoms with Crippen molar-refractivity contribution in [1.82, 2.24) is 14.8 Å². The molecular formula is C12H19N3O2S. The highest BCUT2D eigenvalue weighted by atomic mass is 32.2. The fourth-order valence-electron chi connectivity index (χ4n) is 2.89. The minimum absolute atomic E-state index is 0.251. The van der Waals surface area contributed by atoms with Crippen molar-refractivity contribution < 1.29 is 8.42 Å². The first kappa shape index (κ1) is 12.1. The maximum absolute atomic E-state index is 11.8. The number of aromatic nitrogens is 3. The number of rotatable bonds is 2. The monoisotopic (exact) mass is 269 g/mol. The third kappa shape index (κ3) is 2.18. The third-order valence-corrected chi connectivity index (χ3v) is 6.31. The van der Waals surface area contributed by atoms with Crippen molar-refractivity contribution in [2.24, 2.45) is 5.92 Å². The lowest BCUT2D eigenvalue weighted by molar-refractivity contribution is 0.385.